The number of para-hydroxylation sites is 2. The summed E-state index contributed by atoms with van der Waals surface area (Å²) in [6.07, 6.45) is 2.11. The smallest absolute Gasteiger partial charge is 0.240 e. The Hall–Kier alpha value is -1.57. The lowest BCUT2D eigenvalue weighted by Crippen LogP contribution is -2.48. The van der Waals surface area contributed by atoms with Crippen LogP contribution in [0.1, 0.15) is 19.7 Å². The van der Waals surface area contributed by atoms with Crippen LogP contribution in [0.2, 0.25) is 0 Å². The van der Waals surface area contributed by atoms with E-state index in [4.69, 9.17) is 4.74 Å². The number of hydrogen-bond donors (Lipinski definition) is 1. The van der Waals surface area contributed by atoms with Crippen LogP contribution in [-0.4, -0.2) is 65.5 Å². The third-order valence-corrected chi connectivity index (χ3v) is 5.23. The zero-order valence-corrected chi connectivity index (χ0v) is 17.3. The van der Waals surface area contributed by atoms with Crippen LogP contribution in [0.25, 0.3) is 11.0 Å². The molecule has 148 valence electrons. The molecule has 7 heteroatoms. The predicted molar refractivity (Wildman–Crippen MR) is 111 cm³/mol. The molecule has 2 heterocycles. The number of imidazole rings is 1. The molecule has 1 aromatic heterocycles. The van der Waals surface area contributed by atoms with E-state index >= 15 is 0 Å². The molecule has 1 unspecified atom stereocenters. The van der Waals surface area contributed by atoms with Crippen molar-refractivity contribution in [2.24, 2.45) is 5.92 Å². The molecule has 0 radical (unpaired) electrons. The van der Waals surface area contributed by atoms with Gasteiger partial charge in [-0.2, -0.15) is 11.8 Å². The number of carbonyl (C=O) groups is 1. The Labute approximate surface area is 165 Å². The molecule has 1 aliphatic rings. The summed E-state index contributed by atoms with van der Waals surface area (Å²) in [6, 6.07) is 7.98. The molecule has 1 aliphatic heterocycles. The largest absolute Gasteiger partial charge is 0.374 e. The highest BCUT2D eigenvalue weighted by atomic mass is 32.2. The monoisotopic (exact) mass is 390 g/mol. The molecule has 1 amide bonds. The van der Waals surface area contributed by atoms with Crippen molar-refractivity contribution >= 4 is 28.7 Å². The van der Waals surface area contributed by atoms with Gasteiger partial charge in [-0.3, -0.25) is 9.69 Å². The van der Waals surface area contributed by atoms with Gasteiger partial charge in [0.05, 0.1) is 29.5 Å². The molecule has 0 spiro atoms. The lowest BCUT2D eigenvalue weighted by Gasteiger charge is -2.34. The number of thioether (sulfide) groups is 1. The molecule has 0 aliphatic carbocycles. The summed E-state index contributed by atoms with van der Waals surface area (Å²) >= 11 is 1.71. The second-order valence-electron chi connectivity index (χ2n) is 7.49. The average Bonchev–Trinajstić information content (AvgIpc) is 2.98. The fraction of sp³-hybridized carbons (Fsp3) is 0.600. The van der Waals surface area contributed by atoms with Gasteiger partial charge >= 0.3 is 0 Å². The van der Waals surface area contributed by atoms with Crippen molar-refractivity contribution in [3.8, 4) is 0 Å². The quantitative estimate of drug-likeness (QED) is 0.750. The molecule has 1 atom stereocenters. The normalized spacial score (nSPS) is 18.3. The summed E-state index contributed by atoms with van der Waals surface area (Å²) < 4.78 is 7.85. The maximum absolute atomic E-state index is 12.6. The van der Waals surface area contributed by atoms with E-state index in [1.807, 2.05) is 35.1 Å². The number of amides is 1. The lowest BCUT2D eigenvalue weighted by molar-refractivity contribution is -0.122. The maximum Gasteiger partial charge on any atom is 0.240 e. The van der Waals surface area contributed by atoms with Crippen LogP contribution in [0, 0.1) is 5.92 Å². The zero-order valence-electron chi connectivity index (χ0n) is 16.5. The van der Waals surface area contributed by atoms with Gasteiger partial charge in [0.1, 0.15) is 12.4 Å². The SMILES string of the molecule is CSCc1nc2ccccc2n1CC(=O)NCC1CN(CC(C)C)CCO1. The Morgan fingerprint density at radius 2 is 2.22 bits per heavy atom. The Morgan fingerprint density at radius 1 is 1.41 bits per heavy atom. The second kappa shape index (κ2) is 9.57. The topological polar surface area (TPSA) is 59.4 Å². The number of fused-ring (bicyclic) bond motifs is 1. The van der Waals surface area contributed by atoms with Gasteiger partial charge < -0.3 is 14.6 Å². The number of ether oxygens (including phenoxy) is 1. The average molecular weight is 391 g/mol. The summed E-state index contributed by atoms with van der Waals surface area (Å²) in [5, 5.41) is 3.05. The van der Waals surface area contributed by atoms with Gasteiger partial charge in [0.2, 0.25) is 5.91 Å². The minimum Gasteiger partial charge on any atom is -0.374 e. The number of benzene rings is 1. The third kappa shape index (κ3) is 5.46. The number of carbonyl (C=O) groups excluding carboxylic acids is 1. The third-order valence-electron chi connectivity index (χ3n) is 4.68. The molecule has 27 heavy (non-hydrogen) atoms. The minimum atomic E-state index is 0.00471. The molecule has 1 saturated heterocycles. The summed E-state index contributed by atoms with van der Waals surface area (Å²) in [4.78, 5) is 19.7. The van der Waals surface area contributed by atoms with E-state index in [0.717, 1.165) is 48.9 Å². The van der Waals surface area contributed by atoms with Gasteiger partial charge in [0.15, 0.2) is 0 Å². The van der Waals surface area contributed by atoms with Crippen molar-refractivity contribution in [3.05, 3.63) is 30.1 Å². The number of morpholine rings is 1. The Bertz CT molecular complexity index is 762. The van der Waals surface area contributed by atoms with Crippen molar-refractivity contribution in [2.45, 2.75) is 32.2 Å². The minimum absolute atomic E-state index is 0.00471. The Kier molecular flexibility index (Phi) is 7.15. The van der Waals surface area contributed by atoms with Crippen molar-refractivity contribution < 1.29 is 9.53 Å². The van der Waals surface area contributed by atoms with E-state index < -0.39 is 0 Å². The van der Waals surface area contributed by atoms with Crippen molar-refractivity contribution in [1.29, 1.82) is 0 Å². The first kappa shape index (κ1) is 20.2. The highest BCUT2D eigenvalue weighted by Crippen LogP contribution is 2.18. The summed E-state index contributed by atoms with van der Waals surface area (Å²) in [5.74, 6) is 2.38. The van der Waals surface area contributed by atoms with Gasteiger partial charge in [0, 0.05) is 26.2 Å². The highest BCUT2D eigenvalue weighted by molar-refractivity contribution is 7.97. The molecule has 1 aromatic carbocycles. The molecule has 0 saturated carbocycles. The van der Waals surface area contributed by atoms with E-state index in [9.17, 15) is 4.79 Å². The number of nitrogens with one attached hydrogen (secondary N) is 1. The summed E-state index contributed by atoms with van der Waals surface area (Å²) in [6.45, 7) is 8.97. The maximum atomic E-state index is 12.6. The van der Waals surface area contributed by atoms with E-state index in [2.05, 4.69) is 29.0 Å². The van der Waals surface area contributed by atoms with Gasteiger partial charge in [-0.25, -0.2) is 4.98 Å². The van der Waals surface area contributed by atoms with E-state index in [0.29, 0.717) is 19.0 Å². The number of nitrogens with zero attached hydrogens (tertiary/aromatic N) is 3. The molecular weight excluding hydrogens is 360 g/mol. The van der Waals surface area contributed by atoms with Crippen LogP contribution in [-0.2, 0) is 21.8 Å². The van der Waals surface area contributed by atoms with Gasteiger partial charge in [-0.15, -0.1) is 0 Å². The van der Waals surface area contributed by atoms with Crippen molar-refractivity contribution in [2.75, 3.05) is 39.0 Å². The van der Waals surface area contributed by atoms with Crippen LogP contribution in [0.15, 0.2) is 24.3 Å². The highest BCUT2D eigenvalue weighted by Gasteiger charge is 2.22. The number of hydrogen-bond acceptors (Lipinski definition) is 5. The lowest BCUT2D eigenvalue weighted by atomic mass is 10.2. The molecule has 1 fully saturated rings. The van der Waals surface area contributed by atoms with Crippen LogP contribution in [0.5, 0.6) is 0 Å². The van der Waals surface area contributed by atoms with Crippen molar-refractivity contribution in [1.82, 2.24) is 19.8 Å². The molecule has 0 bridgehead atoms. The summed E-state index contributed by atoms with van der Waals surface area (Å²) in [7, 11) is 0. The van der Waals surface area contributed by atoms with Gasteiger partial charge in [-0.1, -0.05) is 26.0 Å². The fourth-order valence-corrected chi connectivity index (χ4v) is 4.03. The molecule has 3 rings (SSSR count). The first-order valence-electron chi connectivity index (χ1n) is 9.60. The van der Waals surface area contributed by atoms with Crippen LogP contribution in [0.4, 0.5) is 0 Å². The standard InChI is InChI=1S/C20H30N4O2S/c1-15(2)11-23-8-9-26-16(12-23)10-21-20(25)13-24-18-7-5-4-6-17(18)22-19(24)14-27-3/h4-7,15-16H,8-14H2,1-3H3,(H,21,25). The fourth-order valence-electron chi connectivity index (χ4n) is 3.55. The van der Waals surface area contributed by atoms with E-state index in [-0.39, 0.29) is 12.0 Å². The molecule has 2 aromatic rings. The van der Waals surface area contributed by atoms with Crippen LogP contribution < -0.4 is 5.32 Å². The molecule has 6 nitrogen and oxygen atoms in total. The first-order chi connectivity index (χ1) is 13.1. The van der Waals surface area contributed by atoms with E-state index in [1.54, 1.807) is 11.8 Å². The first-order valence-corrected chi connectivity index (χ1v) is 11.0. The second-order valence-corrected chi connectivity index (χ2v) is 8.35. The number of aromatic nitrogens is 2. The van der Waals surface area contributed by atoms with Gasteiger partial charge in [-0.05, 0) is 24.3 Å². The summed E-state index contributed by atoms with van der Waals surface area (Å²) in [5.41, 5.74) is 1.95. The van der Waals surface area contributed by atoms with Crippen LogP contribution >= 0.6 is 11.8 Å². The molecule has 1 N–H and O–H groups in total. The van der Waals surface area contributed by atoms with E-state index in [1.165, 1.54) is 0 Å². The Morgan fingerprint density at radius 3 is 3.00 bits per heavy atom. The number of rotatable bonds is 8. The predicted octanol–water partition coefficient (Wildman–Crippen LogP) is 2.37. The van der Waals surface area contributed by atoms with Crippen LogP contribution in [0.3, 0.4) is 0 Å². The molecular formula is C20H30N4O2S. The van der Waals surface area contributed by atoms with Crippen molar-refractivity contribution in [3.63, 3.8) is 0 Å². The zero-order chi connectivity index (χ0) is 19.2. The van der Waals surface area contributed by atoms with Gasteiger partial charge in [0.25, 0.3) is 0 Å². The Balaban J connectivity index is 1.58.